The highest BCUT2D eigenvalue weighted by Gasteiger charge is 2.22. The molecule has 24 heavy (non-hydrogen) atoms. The van der Waals surface area contributed by atoms with Crippen molar-refractivity contribution in [1.82, 2.24) is 10.6 Å². The number of carbonyl (C=O) groups is 3. The Morgan fingerprint density at radius 2 is 1.83 bits per heavy atom. The summed E-state index contributed by atoms with van der Waals surface area (Å²) in [6, 6.07) is 7.63. The first-order valence-electron chi connectivity index (χ1n) is 8.01. The standard InChI is InChI=1S/C17H25N3O4/c1-3-4-10-14(15(18)21)20-16(22)12(2)19-17(23)24-11-13-8-6-5-7-9-13/h5-9,12,14H,3-4,10-11H2,1-2H3,(H2,18,21)(H,19,23)(H,20,22)/t12-,14-/m1/s1. The summed E-state index contributed by atoms with van der Waals surface area (Å²) in [6.45, 7) is 3.60. The summed E-state index contributed by atoms with van der Waals surface area (Å²) in [7, 11) is 0. The lowest BCUT2D eigenvalue weighted by molar-refractivity contribution is -0.128. The van der Waals surface area contributed by atoms with Gasteiger partial charge < -0.3 is 21.1 Å². The first kappa shape index (κ1) is 19.5. The molecule has 1 aromatic carbocycles. The monoisotopic (exact) mass is 335 g/mol. The van der Waals surface area contributed by atoms with Gasteiger partial charge in [-0.05, 0) is 18.9 Å². The van der Waals surface area contributed by atoms with Gasteiger partial charge in [-0.2, -0.15) is 0 Å². The van der Waals surface area contributed by atoms with E-state index in [9.17, 15) is 14.4 Å². The Bertz CT molecular complexity index is 548. The molecule has 0 unspecified atom stereocenters. The van der Waals surface area contributed by atoms with E-state index in [0.29, 0.717) is 6.42 Å². The van der Waals surface area contributed by atoms with Crippen molar-refractivity contribution < 1.29 is 19.1 Å². The number of primary amides is 1. The molecule has 0 spiro atoms. The summed E-state index contributed by atoms with van der Waals surface area (Å²) in [4.78, 5) is 35.1. The molecule has 0 heterocycles. The van der Waals surface area contributed by atoms with Crippen molar-refractivity contribution in [1.29, 1.82) is 0 Å². The molecule has 0 aliphatic rings. The van der Waals surface area contributed by atoms with E-state index in [0.717, 1.165) is 18.4 Å². The van der Waals surface area contributed by atoms with Crippen molar-refractivity contribution in [2.75, 3.05) is 0 Å². The summed E-state index contributed by atoms with van der Waals surface area (Å²) in [5.74, 6) is -1.07. The molecule has 1 aromatic rings. The summed E-state index contributed by atoms with van der Waals surface area (Å²) in [5.41, 5.74) is 6.12. The molecular formula is C17H25N3O4. The Hall–Kier alpha value is -2.57. The average molecular weight is 335 g/mol. The molecule has 7 nitrogen and oxygen atoms in total. The van der Waals surface area contributed by atoms with Crippen LogP contribution in [-0.2, 0) is 20.9 Å². The zero-order chi connectivity index (χ0) is 17.9. The predicted molar refractivity (Wildman–Crippen MR) is 89.9 cm³/mol. The third-order valence-electron chi connectivity index (χ3n) is 3.45. The summed E-state index contributed by atoms with van der Waals surface area (Å²) < 4.78 is 5.04. The number of hydrogen-bond donors (Lipinski definition) is 3. The molecule has 0 bridgehead atoms. The molecule has 0 saturated carbocycles. The molecule has 2 atom stereocenters. The maximum absolute atomic E-state index is 12.0. The van der Waals surface area contributed by atoms with Crippen LogP contribution in [0.5, 0.6) is 0 Å². The van der Waals surface area contributed by atoms with Gasteiger partial charge in [0, 0.05) is 0 Å². The topological polar surface area (TPSA) is 111 Å². The SMILES string of the molecule is CCCC[C@@H](NC(=O)[C@@H](C)NC(=O)OCc1ccccc1)C(N)=O. The van der Waals surface area contributed by atoms with Gasteiger partial charge in [0.25, 0.3) is 0 Å². The van der Waals surface area contributed by atoms with Crippen LogP contribution in [0.4, 0.5) is 4.79 Å². The fourth-order valence-corrected chi connectivity index (χ4v) is 2.00. The van der Waals surface area contributed by atoms with E-state index in [1.165, 1.54) is 6.92 Å². The molecule has 0 aromatic heterocycles. The van der Waals surface area contributed by atoms with Crippen LogP contribution >= 0.6 is 0 Å². The molecule has 4 N–H and O–H groups in total. The number of unbranched alkanes of at least 4 members (excludes halogenated alkanes) is 1. The molecule has 132 valence electrons. The molecule has 7 heteroatoms. The number of benzene rings is 1. The van der Waals surface area contributed by atoms with Crippen molar-refractivity contribution >= 4 is 17.9 Å². The molecule has 0 aliphatic heterocycles. The zero-order valence-electron chi connectivity index (χ0n) is 14.1. The maximum atomic E-state index is 12.0. The average Bonchev–Trinajstić information content (AvgIpc) is 2.57. The predicted octanol–water partition coefficient (Wildman–Crippen LogP) is 1.46. The van der Waals surface area contributed by atoms with Gasteiger partial charge in [0.1, 0.15) is 18.7 Å². The Labute approximate surface area is 141 Å². The number of rotatable bonds is 9. The number of nitrogens with one attached hydrogen (secondary N) is 2. The van der Waals surface area contributed by atoms with E-state index in [-0.39, 0.29) is 6.61 Å². The van der Waals surface area contributed by atoms with Crippen molar-refractivity contribution in [3.63, 3.8) is 0 Å². The smallest absolute Gasteiger partial charge is 0.408 e. The maximum Gasteiger partial charge on any atom is 0.408 e. The lowest BCUT2D eigenvalue weighted by atomic mass is 10.1. The Morgan fingerprint density at radius 1 is 1.17 bits per heavy atom. The van der Waals surface area contributed by atoms with Gasteiger partial charge in [-0.1, -0.05) is 50.1 Å². The minimum Gasteiger partial charge on any atom is -0.445 e. The summed E-state index contributed by atoms with van der Waals surface area (Å²) in [6.07, 6.45) is 1.43. The number of hydrogen-bond acceptors (Lipinski definition) is 4. The van der Waals surface area contributed by atoms with Crippen LogP contribution in [0.2, 0.25) is 0 Å². The van der Waals surface area contributed by atoms with E-state index in [1.54, 1.807) is 0 Å². The second kappa shape index (κ2) is 10.3. The number of ether oxygens (including phenoxy) is 1. The molecule has 0 radical (unpaired) electrons. The molecule has 0 aliphatic carbocycles. The van der Waals surface area contributed by atoms with E-state index in [2.05, 4.69) is 10.6 Å². The van der Waals surface area contributed by atoms with E-state index < -0.39 is 30.0 Å². The second-order valence-electron chi connectivity index (χ2n) is 5.53. The lowest BCUT2D eigenvalue weighted by Gasteiger charge is -2.19. The highest BCUT2D eigenvalue weighted by Crippen LogP contribution is 2.02. The Kier molecular flexibility index (Phi) is 8.32. The van der Waals surface area contributed by atoms with Crippen LogP contribution in [0, 0.1) is 0 Å². The van der Waals surface area contributed by atoms with Crippen molar-refractivity contribution in [3.05, 3.63) is 35.9 Å². The summed E-state index contributed by atoms with van der Waals surface area (Å²) >= 11 is 0. The van der Waals surface area contributed by atoms with Crippen molar-refractivity contribution in [2.45, 2.75) is 51.8 Å². The number of alkyl carbamates (subject to hydrolysis) is 1. The van der Waals surface area contributed by atoms with E-state index in [4.69, 9.17) is 10.5 Å². The quantitative estimate of drug-likeness (QED) is 0.634. The normalized spacial score (nSPS) is 12.8. The van der Waals surface area contributed by atoms with Gasteiger partial charge in [0.15, 0.2) is 0 Å². The van der Waals surface area contributed by atoms with Gasteiger partial charge >= 0.3 is 6.09 Å². The third kappa shape index (κ3) is 7.13. The highest BCUT2D eigenvalue weighted by molar-refractivity contribution is 5.90. The second-order valence-corrected chi connectivity index (χ2v) is 5.53. The summed E-state index contributed by atoms with van der Waals surface area (Å²) in [5, 5.41) is 4.97. The zero-order valence-corrected chi connectivity index (χ0v) is 14.1. The number of carbonyl (C=O) groups excluding carboxylic acids is 3. The van der Waals surface area contributed by atoms with Crippen molar-refractivity contribution in [2.24, 2.45) is 5.73 Å². The number of nitrogens with two attached hydrogens (primary N) is 1. The van der Waals surface area contributed by atoms with Crippen LogP contribution in [0.3, 0.4) is 0 Å². The van der Waals surface area contributed by atoms with Crippen LogP contribution in [0.25, 0.3) is 0 Å². The minimum absolute atomic E-state index is 0.113. The molecule has 1 rings (SSSR count). The number of amides is 3. The third-order valence-corrected chi connectivity index (χ3v) is 3.45. The van der Waals surface area contributed by atoms with Gasteiger partial charge in [-0.25, -0.2) is 4.79 Å². The molecule has 0 fully saturated rings. The lowest BCUT2D eigenvalue weighted by Crippen LogP contribution is -2.51. The van der Waals surface area contributed by atoms with Crippen LogP contribution < -0.4 is 16.4 Å². The van der Waals surface area contributed by atoms with Crippen LogP contribution in [0.15, 0.2) is 30.3 Å². The van der Waals surface area contributed by atoms with Crippen molar-refractivity contribution in [3.8, 4) is 0 Å². The van der Waals surface area contributed by atoms with Crippen LogP contribution in [0.1, 0.15) is 38.7 Å². The Morgan fingerprint density at radius 3 is 2.42 bits per heavy atom. The van der Waals surface area contributed by atoms with E-state index >= 15 is 0 Å². The fourth-order valence-electron chi connectivity index (χ4n) is 2.00. The highest BCUT2D eigenvalue weighted by atomic mass is 16.5. The molecule has 3 amide bonds. The molecule has 0 saturated heterocycles. The minimum atomic E-state index is -0.836. The van der Waals surface area contributed by atoms with E-state index in [1.807, 2.05) is 37.3 Å². The first-order chi connectivity index (χ1) is 11.4. The van der Waals surface area contributed by atoms with Crippen LogP contribution in [-0.4, -0.2) is 30.0 Å². The van der Waals surface area contributed by atoms with Gasteiger partial charge in [0.05, 0.1) is 0 Å². The largest absolute Gasteiger partial charge is 0.445 e. The Balaban J connectivity index is 2.41. The first-order valence-corrected chi connectivity index (χ1v) is 8.01. The van der Waals surface area contributed by atoms with Gasteiger partial charge in [-0.3, -0.25) is 9.59 Å². The fraction of sp³-hybridized carbons (Fsp3) is 0.471. The molecular weight excluding hydrogens is 310 g/mol. The van der Waals surface area contributed by atoms with Gasteiger partial charge in [-0.15, -0.1) is 0 Å². The van der Waals surface area contributed by atoms with Gasteiger partial charge in [0.2, 0.25) is 11.8 Å².